The second kappa shape index (κ2) is 8.37. The van der Waals surface area contributed by atoms with Crippen molar-refractivity contribution in [1.29, 1.82) is 0 Å². The molecule has 1 atom stereocenters. The lowest BCUT2D eigenvalue weighted by atomic mass is 9.87. The number of hydrogen-bond donors (Lipinski definition) is 0. The van der Waals surface area contributed by atoms with Crippen LogP contribution in [0.1, 0.15) is 41.1 Å². The summed E-state index contributed by atoms with van der Waals surface area (Å²) in [6.07, 6.45) is 3.20. The molecule has 150 valence electrons. The zero-order valence-electron chi connectivity index (χ0n) is 17.0. The zero-order valence-corrected chi connectivity index (χ0v) is 17.8. The highest BCUT2D eigenvalue weighted by molar-refractivity contribution is 7.99. The Morgan fingerprint density at radius 1 is 1.21 bits per heavy atom. The Morgan fingerprint density at radius 3 is 2.90 bits per heavy atom. The van der Waals surface area contributed by atoms with E-state index in [1.54, 1.807) is 4.68 Å². The predicted octanol–water partition coefficient (Wildman–Crippen LogP) is 3.91. The van der Waals surface area contributed by atoms with E-state index in [0.29, 0.717) is 10.9 Å². The van der Waals surface area contributed by atoms with Gasteiger partial charge < -0.3 is 4.90 Å². The minimum Gasteiger partial charge on any atom is -0.338 e. The van der Waals surface area contributed by atoms with E-state index in [9.17, 15) is 4.79 Å². The highest BCUT2D eigenvalue weighted by Crippen LogP contribution is 2.34. The monoisotopic (exact) mass is 407 g/mol. The van der Waals surface area contributed by atoms with Gasteiger partial charge in [-0.15, -0.1) is 5.10 Å². The minimum absolute atomic E-state index is 0.0900. The van der Waals surface area contributed by atoms with Gasteiger partial charge in [-0.2, -0.15) is 4.68 Å². The first-order chi connectivity index (χ1) is 14.1. The van der Waals surface area contributed by atoms with Crippen LogP contribution in [0.3, 0.4) is 0 Å². The SMILES string of the molecule is Cc1cccc(-n2nnnc2SCC(=O)N(C)[C@@H]2CCCc3ccccc32)c1C. The van der Waals surface area contributed by atoms with Crippen molar-refractivity contribution in [3.8, 4) is 5.69 Å². The van der Waals surface area contributed by atoms with Gasteiger partial charge in [0.05, 0.1) is 17.5 Å². The second-order valence-electron chi connectivity index (χ2n) is 7.49. The molecule has 3 aromatic rings. The van der Waals surface area contributed by atoms with Gasteiger partial charge in [-0.1, -0.05) is 48.2 Å². The van der Waals surface area contributed by atoms with Crippen molar-refractivity contribution >= 4 is 17.7 Å². The number of aryl methyl sites for hydroxylation is 2. The van der Waals surface area contributed by atoms with Gasteiger partial charge in [0.25, 0.3) is 0 Å². The van der Waals surface area contributed by atoms with Crippen molar-refractivity contribution in [2.75, 3.05) is 12.8 Å². The Kier molecular flexibility index (Phi) is 5.67. The standard InChI is InChI=1S/C22H25N5OS/c1-15-8-6-12-19(16(15)2)27-22(23-24-25-27)29-14-21(28)26(3)20-13-7-10-17-9-4-5-11-18(17)20/h4-6,8-9,11-12,20H,7,10,13-14H2,1-3H3/t20-/m1/s1. The van der Waals surface area contributed by atoms with Crippen LogP contribution in [0.15, 0.2) is 47.6 Å². The number of nitrogens with zero attached hydrogens (tertiary/aromatic N) is 5. The van der Waals surface area contributed by atoms with E-state index in [4.69, 9.17) is 0 Å². The van der Waals surface area contributed by atoms with Crippen LogP contribution in [0, 0.1) is 13.8 Å². The lowest BCUT2D eigenvalue weighted by Crippen LogP contribution is -2.34. The normalized spacial score (nSPS) is 15.8. The molecule has 0 saturated heterocycles. The van der Waals surface area contributed by atoms with Crippen LogP contribution in [-0.4, -0.2) is 43.8 Å². The van der Waals surface area contributed by atoms with E-state index in [1.165, 1.54) is 28.5 Å². The molecule has 1 aliphatic rings. The summed E-state index contributed by atoms with van der Waals surface area (Å²) < 4.78 is 1.72. The van der Waals surface area contributed by atoms with Crippen molar-refractivity contribution in [2.24, 2.45) is 0 Å². The third-order valence-electron chi connectivity index (χ3n) is 5.77. The molecule has 0 fully saturated rings. The molecule has 0 N–H and O–H groups in total. The highest BCUT2D eigenvalue weighted by atomic mass is 32.2. The number of rotatable bonds is 5. The van der Waals surface area contributed by atoms with Crippen LogP contribution in [0.25, 0.3) is 5.69 Å². The molecule has 0 bridgehead atoms. The molecule has 1 aromatic heterocycles. The van der Waals surface area contributed by atoms with E-state index in [2.05, 4.69) is 59.7 Å². The Labute approximate surface area is 175 Å². The van der Waals surface area contributed by atoms with Crippen molar-refractivity contribution < 1.29 is 4.79 Å². The first-order valence-electron chi connectivity index (χ1n) is 9.87. The number of aromatic nitrogens is 4. The molecule has 0 saturated carbocycles. The third-order valence-corrected chi connectivity index (χ3v) is 6.67. The molecule has 2 aromatic carbocycles. The number of amides is 1. The van der Waals surface area contributed by atoms with Gasteiger partial charge in [-0.3, -0.25) is 4.79 Å². The van der Waals surface area contributed by atoms with E-state index < -0.39 is 0 Å². The summed E-state index contributed by atoms with van der Waals surface area (Å²) in [5, 5.41) is 12.7. The molecule has 7 heteroatoms. The summed E-state index contributed by atoms with van der Waals surface area (Å²) in [4.78, 5) is 14.8. The molecule has 4 rings (SSSR count). The molecule has 0 radical (unpaired) electrons. The summed E-state index contributed by atoms with van der Waals surface area (Å²) in [6.45, 7) is 4.12. The molecule has 1 amide bonds. The van der Waals surface area contributed by atoms with Crippen LogP contribution in [0.4, 0.5) is 0 Å². The lowest BCUT2D eigenvalue weighted by Gasteiger charge is -2.33. The number of carbonyl (C=O) groups is 1. The van der Waals surface area contributed by atoms with Gasteiger partial charge in [-0.25, -0.2) is 0 Å². The summed E-state index contributed by atoms with van der Waals surface area (Å²) in [5.74, 6) is 0.396. The van der Waals surface area contributed by atoms with Gasteiger partial charge in [0.1, 0.15) is 0 Å². The van der Waals surface area contributed by atoms with Crippen LogP contribution < -0.4 is 0 Å². The van der Waals surface area contributed by atoms with Crippen LogP contribution in [0.5, 0.6) is 0 Å². The molecular weight excluding hydrogens is 382 g/mol. The van der Waals surface area contributed by atoms with Crippen LogP contribution in [-0.2, 0) is 11.2 Å². The molecule has 0 unspecified atom stereocenters. The third kappa shape index (κ3) is 3.92. The molecule has 0 spiro atoms. The van der Waals surface area contributed by atoms with E-state index in [-0.39, 0.29) is 11.9 Å². The molecule has 0 aliphatic heterocycles. The van der Waals surface area contributed by atoms with Crippen molar-refractivity contribution in [3.63, 3.8) is 0 Å². The number of fused-ring (bicyclic) bond motifs is 1. The number of thioether (sulfide) groups is 1. The predicted molar refractivity (Wildman–Crippen MR) is 114 cm³/mol. The molecular formula is C22H25N5OS. The largest absolute Gasteiger partial charge is 0.338 e. The van der Waals surface area contributed by atoms with Crippen molar-refractivity contribution in [3.05, 3.63) is 64.7 Å². The molecule has 1 heterocycles. The average molecular weight is 408 g/mol. The first-order valence-corrected chi connectivity index (χ1v) is 10.9. The molecule has 6 nitrogen and oxygen atoms in total. The van der Waals surface area contributed by atoms with E-state index in [1.807, 2.05) is 24.1 Å². The fraction of sp³-hybridized carbons (Fsp3) is 0.364. The van der Waals surface area contributed by atoms with Crippen LogP contribution >= 0.6 is 11.8 Å². The average Bonchev–Trinajstić information content (AvgIpc) is 3.21. The Bertz CT molecular complexity index is 1030. The maximum absolute atomic E-state index is 12.9. The number of tetrazole rings is 1. The van der Waals surface area contributed by atoms with Gasteiger partial charge in [0.15, 0.2) is 0 Å². The van der Waals surface area contributed by atoms with E-state index in [0.717, 1.165) is 30.5 Å². The lowest BCUT2D eigenvalue weighted by molar-refractivity contribution is -0.129. The van der Waals surface area contributed by atoms with Gasteiger partial charge in [-0.05, 0) is 71.9 Å². The summed E-state index contributed by atoms with van der Waals surface area (Å²) in [7, 11) is 1.91. The van der Waals surface area contributed by atoms with Gasteiger partial charge in [0, 0.05) is 7.05 Å². The van der Waals surface area contributed by atoms with Crippen LogP contribution in [0.2, 0.25) is 0 Å². The summed E-state index contributed by atoms with van der Waals surface area (Å²) in [6, 6.07) is 14.7. The summed E-state index contributed by atoms with van der Waals surface area (Å²) in [5.41, 5.74) is 5.89. The van der Waals surface area contributed by atoms with Gasteiger partial charge >= 0.3 is 0 Å². The number of benzene rings is 2. The van der Waals surface area contributed by atoms with E-state index >= 15 is 0 Å². The maximum Gasteiger partial charge on any atom is 0.233 e. The highest BCUT2D eigenvalue weighted by Gasteiger charge is 2.26. The van der Waals surface area contributed by atoms with Crippen molar-refractivity contribution in [1.82, 2.24) is 25.1 Å². The van der Waals surface area contributed by atoms with Crippen molar-refractivity contribution in [2.45, 2.75) is 44.3 Å². The maximum atomic E-state index is 12.9. The molecule has 1 aliphatic carbocycles. The fourth-order valence-corrected chi connectivity index (χ4v) is 4.73. The fourth-order valence-electron chi connectivity index (χ4n) is 3.92. The first kappa shape index (κ1) is 19.6. The Morgan fingerprint density at radius 2 is 2.03 bits per heavy atom. The summed E-state index contributed by atoms with van der Waals surface area (Å²) >= 11 is 1.38. The smallest absolute Gasteiger partial charge is 0.233 e. The van der Waals surface area contributed by atoms with Gasteiger partial charge in [0.2, 0.25) is 11.1 Å². The second-order valence-corrected chi connectivity index (χ2v) is 8.43. The molecule has 29 heavy (non-hydrogen) atoms. The number of hydrogen-bond acceptors (Lipinski definition) is 5. The number of carbonyl (C=O) groups excluding carboxylic acids is 1. The quantitative estimate of drug-likeness (QED) is 0.600. The minimum atomic E-state index is 0.0900. The topological polar surface area (TPSA) is 63.9 Å². The Hall–Kier alpha value is -2.67. The zero-order chi connectivity index (χ0) is 20.4. The Balaban J connectivity index is 1.48.